The molecule has 0 bridgehead atoms. The smallest absolute Gasteiger partial charge is 0.245 e. The minimum Gasteiger partial charge on any atom is -0.333 e. The van der Waals surface area contributed by atoms with E-state index in [0.717, 1.165) is 18.4 Å². The zero-order valence-corrected chi connectivity index (χ0v) is 14.1. The van der Waals surface area contributed by atoms with Crippen LogP contribution in [0.1, 0.15) is 25.3 Å². The molecule has 0 spiro atoms. The second-order valence-corrected chi connectivity index (χ2v) is 6.90. The molecular formula is C15H19Cl3N2O. The molecule has 1 aromatic carbocycles. The summed E-state index contributed by atoms with van der Waals surface area (Å²) in [6.07, 6.45) is 4.34. The summed E-state index contributed by atoms with van der Waals surface area (Å²) in [6.45, 7) is 2.73. The summed E-state index contributed by atoms with van der Waals surface area (Å²) >= 11 is 17.6. The summed E-state index contributed by atoms with van der Waals surface area (Å²) in [5.74, 6) is -0.320. The molecule has 1 rings (SSSR count). The molecule has 0 saturated carbocycles. The molecule has 0 saturated heterocycles. The van der Waals surface area contributed by atoms with Gasteiger partial charge in [-0.25, -0.2) is 0 Å². The normalized spacial score (nSPS) is 13.3. The number of alkyl halides is 3. The Morgan fingerprint density at radius 2 is 1.95 bits per heavy atom. The molecule has 1 aromatic rings. The van der Waals surface area contributed by atoms with Crippen molar-refractivity contribution in [3.8, 4) is 0 Å². The molecule has 3 nitrogen and oxygen atoms in total. The molecule has 0 aliphatic carbocycles. The number of carbonyl (C=O) groups is 1. The second-order valence-electron chi connectivity index (χ2n) is 4.53. The molecule has 0 fully saturated rings. The van der Waals surface area contributed by atoms with Crippen molar-refractivity contribution in [3.63, 3.8) is 0 Å². The van der Waals surface area contributed by atoms with E-state index >= 15 is 0 Å². The maximum Gasteiger partial charge on any atom is 0.245 e. The summed E-state index contributed by atoms with van der Waals surface area (Å²) in [7, 11) is 0. The molecule has 1 unspecified atom stereocenters. The number of hydrogen-bond donors (Lipinski definition) is 2. The van der Waals surface area contributed by atoms with Gasteiger partial charge in [0.15, 0.2) is 0 Å². The summed E-state index contributed by atoms with van der Waals surface area (Å²) in [6, 6.07) is 9.50. The lowest BCUT2D eigenvalue weighted by Gasteiger charge is -2.26. The monoisotopic (exact) mass is 348 g/mol. The van der Waals surface area contributed by atoms with Crippen LogP contribution < -0.4 is 10.6 Å². The van der Waals surface area contributed by atoms with E-state index in [2.05, 4.69) is 17.6 Å². The lowest BCUT2D eigenvalue weighted by molar-refractivity contribution is -0.117. The highest BCUT2D eigenvalue weighted by Crippen LogP contribution is 2.29. The minimum atomic E-state index is -1.61. The van der Waals surface area contributed by atoms with E-state index in [0.29, 0.717) is 6.54 Å². The van der Waals surface area contributed by atoms with Gasteiger partial charge in [-0.15, -0.1) is 0 Å². The Balaban J connectivity index is 2.57. The number of rotatable bonds is 7. The zero-order valence-electron chi connectivity index (χ0n) is 11.8. The highest BCUT2D eigenvalue weighted by molar-refractivity contribution is 6.68. The van der Waals surface area contributed by atoms with Gasteiger partial charge in [0.05, 0.1) is 0 Å². The van der Waals surface area contributed by atoms with Gasteiger partial charge in [-0.2, -0.15) is 0 Å². The maximum absolute atomic E-state index is 11.9. The van der Waals surface area contributed by atoms with Crippen molar-refractivity contribution in [1.29, 1.82) is 0 Å². The van der Waals surface area contributed by atoms with E-state index in [1.807, 2.05) is 30.3 Å². The Labute approximate surface area is 140 Å². The van der Waals surface area contributed by atoms with Gasteiger partial charge in [0, 0.05) is 6.08 Å². The average molecular weight is 350 g/mol. The van der Waals surface area contributed by atoms with Crippen LogP contribution in [-0.2, 0) is 4.79 Å². The third kappa shape index (κ3) is 7.72. The Hall–Kier alpha value is -0.740. The van der Waals surface area contributed by atoms with Crippen LogP contribution in [0.5, 0.6) is 0 Å². The van der Waals surface area contributed by atoms with Gasteiger partial charge in [0.2, 0.25) is 9.70 Å². The molecule has 1 atom stereocenters. The summed E-state index contributed by atoms with van der Waals surface area (Å²) in [5, 5.41) is 5.68. The standard InChI is InChI=1S/C15H19Cl3N2O/c1-2-3-11-19-14(15(16,17)18)20-13(21)10-9-12-7-5-4-6-8-12/h4-10,14,19H,2-3,11H2,1H3,(H,20,21)/b10-9+. The Morgan fingerprint density at radius 3 is 2.52 bits per heavy atom. The van der Waals surface area contributed by atoms with Crippen LogP contribution in [-0.4, -0.2) is 22.4 Å². The van der Waals surface area contributed by atoms with Crippen LogP contribution >= 0.6 is 34.8 Å². The van der Waals surface area contributed by atoms with Crippen LogP contribution in [0, 0.1) is 0 Å². The van der Waals surface area contributed by atoms with Gasteiger partial charge in [0.25, 0.3) is 0 Å². The van der Waals surface area contributed by atoms with Gasteiger partial charge < -0.3 is 5.32 Å². The first-order valence-corrected chi connectivity index (χ1v) is 7.90. The van der Waals surface area contributed by atoms with Crippen molar-refractivity contribution in [3.05, 3.63) is 42.0 Å². The number of hydrogen-bond acceptors (Lipinski definition) is 2. The molecule has 6 heteroatoms. The molecule has 116 valence electrons. The molecule has 2 N–H and O–H groups in total. The van der Waals surface area contributed by atoms with Crippen LogP contribution in [0.3, 0.4) is 0 Å². The van der Waals surface area contributed by atoms with Gasteiger partial charge >= 0.3 is 0 Å². The first-order chi connectivity index (χ1) is 9.93. The minimum absolute atomic E-state index is 0.320. The summed E-state index contributed by atoms with van der Waals surface area (Å²) in [5.41, 5.74) is 0.928. The third-order valence-corrected chi connectivity index (χ3v) is 3.37. The van der Waals surface area contributed by atoms with Gasteiger partial charge in [0.1, 0.15) is 6.17 Å². The van der Waals surface area contributed by atoms with E-state index in [1.165, 1.54) is 6.08 Å². The van der Waals surface area contributed by atoms with Crippen LogP contribution in [0.2, 0.25) is 0 Å². The summed E-state index contributed by atoms with van der Waals surface area (Å²) in [4.78, 5) is 11.9. The van der Waals surface area contributed by atoms with Crippen molar-refractivity contribution >= 4 is 46.8 Å². The number of nitrogens with one attached hydrogen (secondary N) is 2. The van der Waals surface area contributed by atoms with Crippen molar-refractivity contribution in [2.45, 2.75) is 29.7 Å². The first-order valence-electron chi connectivity index (χ1n) is 6.77. The van der Waals surface area contributed by atoms with Crippen molar-refractivity contribution < 1.29 is 4.79 Å². The lowest BCUT2D eigenvalue weighted by Crippen LogP contribution is -2.53. The fourth-order valence-corrected chi connectivity index (χ4v) is 1.99. The van der Waals surface area contributed by atoms with Crippen LogP contribution in [0.25, 0.3) is 6.08 Å². The Morgan fingerprint density at radius 1 is 1.29 bits per heavy atom. The lowest BCUT2D eigenvalue weighted by atomic mass is 10.2. The molecule has 0 radical (unpaired) electrons. The number of amides is 1. The predicted molar refractivity (Wildman–Crippen MR) is 90.6 cm³/mol. The van der Waals surface area contributed by atoms with E-state index in [-0.39, 0.29) is 5.91 Å². The number of benzene rings is 1. The van der Waals surface area contributed by atoms with Crippen molar-refractivity contribution in [2.75, 3.05) is 6.54 Å². The molecular weight excluding hydrogens is 331 g/mol. The SMILES string of the molecule is CCCCNC(NC(=O)/C=C/c1ccccc1)C(Cl)(Cl)Cl. The van der Waals surface area contributed by atoms with Gasteiger partial charge in [-0.3, -0.25) is 10.1 Å². The number of halogens is 3. The highest BCUT2D eigenvalue weighted by atomic mass is 35.6. The molecule has 1 amide bonds. The second kappa shape index (κ2) is 9.31. The topological polar surface area (TPSA) is 41.1 Å². The van der Waals surface area contributed by atoms with E-state index in [9.17, 15) is 4.79 Å². The molecule has 0 aliphatic heterocycles. The molecule has 0 aromatic heterocycles. The van der Waals surface area contributed by atoms with Crippen LogP contribution in [0.15, 0.2) is 36.4 Å². The Kier molecular flexibility index (Phi) is 8.12. The highest BCUT2D eigenvalue weighted by Gasteiger charge is 2.32. The van der Waals surface area contributed by atoms with Crippen molar-refractivity contribution in [1.82, 2.24) is 10.6 Å². The fourth-order valence-electron chi connectivity index (χ4n) is 1.60. The van der Waals surface area contributed by atoms with Crippen LogP contribution in [0.4, 0.5) is 0 Å². The van der Waals surface area contributed by atoms with E-state index in [4.69, 9.17) is 34.8 Å². The van der Waals surface area contributed by atoms with Gasteiger partial charge in [-0.1, -0.05) is 78.5 Å². The predicted octanol–water partition coefficient (Wildman–Crippen LogP) is 3.90. The van der Waals surface area contributed by atoms with E-state index in [1.54, 1.807) is 6.08 Å². The van der Waals surface area contributed by atoms with E-state index < -0.39 is 9.96 Å². The average Bonchev–Trinajstić information content (AvgIpc) is 2.44. The van der Waals surface area contributed by atoms with Crippen molar-refractivity contribution in [2.24, 2.45) is 0 Å². The first kappa shape index (κ1) is 18.3. The number of unbranched alkanes of at least 4 members (excludes halogenated alkanes) is 1. The largest absolute Gasteiger partial charge is 0.333 e. The molecule has 0 aliphatic rings. The number of carbonyl (C=O) groups excluding carboxylic acids is 1. The van der Waals surface area contributed by atoms with Gasteiger partial charge in [-0.05, 0) is 24.6 Å². The maximum atomic E-state index is 11.9. The third-order valence-electron chi connectivity index (χ3n) is 2.72. The quantitative estimate of drug-likeness (QED) is 0.339. The fraction of sp³-hybridized carbons (Fsp3) is 0.400. The molecule has 21 heavy (non-hydrogen) atoms. The molecule has 0 heterocycles. The zero-order chi connectivity index (χ0) is 15.7. The Bertz CT molecular complexity index is 458. The summed E-state index contributed by atoms with van der Waals surface area (Å²) < 4.78 is -1.61.